The zero-order valence-electron chi connectivity index (χ0n) is 7.41. The van der Waals surface area contributed by atoms with Gasteiger partial charge in [-0.2, -0.15) is 0 Å². The molecule has 1 aliphatic heterocycles. The molecule has 1 fully saturated rings. The Morgan fingerprint density at radius 3 is 2.50 bits per heavy atom. The number of hydrogen-bond acceptors (Lipinski definition) is 3. The third-order valence-electron chi connectivity index (χ3n) is 2.44. The average molecular weight is 171 g/mol. The van der Waals surface area contributed by atoms with Crippen LogP contribution in [0.15, 0.2) is 0 Å². The van der Waals surface area contributed by atoms with E-state index in [9.17, 15) is 4.79 Å². The molecule has 12 heavy (non-hydrogen) atoms. The largest absolute Gasteiger partial charge is 0.396 e. The van der Waals surface area contributed by atoms with Gasteiger partial charge < -0.3 is 9.90 Å². The number of nitrogens with zero attached hydrogens (tertiary/aromatic N) is 1. The number of carbonyl (C=O) groups excluding carboxylic acids is 1. The minimum absolute atomic E-state index is 0.0460. The molecule has 1 saturated heterocycles. The van der Waals surface area contributed by atoms with Crippen molar-refractivity contribution >= 4 is 6.29 Å². The Bertz CT molecular complexity index is 132. The predicted molar refractivity (Wildman–Crippen MR) is 47.0 cm³/mol. The number of hydrogen-bond donors (Lipinski definition) is 1. The van der Waals surface area contributed by atoms with Crippen LogP contribution in [0.1, 0.15) is 25.7 Å². The van der Waals surface area contributed by atoms with Crippen LogP contribution in [0.25, 0.3) is 0 Å². The molecule has 0 aromatic carbocycles. The molecule has 0 aromatic rings. The molecule has 3 heteroatoms. The standard InChI is InChI=1S/C9H17NO2/c11-7-4-9(8-12)10-5-2-1-3-6-10/h8-9,11H,1-7H2. The number of rotatable bonds is 4. The molecule has 1 aliphatic rings. The highest BCUT2D eigenvalue weighted by atomic mass is 16.3. The van der Waals surface area contributed by atoms with Gasteiger partial charge in [0.15, 0.2) is 0 Å². The fraction of sp³-hybridized carbons (Fsp3) is 0.889. The van der Waals surface area contributed by atoms with Gasteiger partial charge in [-0.15, -0.1) is 0 Å². The maximum Gasteiger partial charge on any atom is 0.137 e. The van der Waals surface area contributed by atoms with E-state index >= 15 is 0 Å². The Labute approximate surface area is 73.4 Å². The third kappa shape index (κ3) is 2.57. The number of piperidine rings is 1. The molecule has 0 aliphatic carbocycles. The van der Waals surface area contributed by atoms with Crippen molar-refractivity contribution in [2.75, 3.05) is 19.7 Å². The molecule has 1 heterocycles. The second kappa shape index (κ2) is 5.27. The Morgan fingerprint density at radius 1 is 1.33 bits per heavy atom. The Hall–Kier alpha value is -0.410. The van der Waals surface area contributed by atoms with E-state index in [1.54, 1.807) is 0 Å². The van der Waals surface area contributed by atoms with E-state index in [1.165, 1.54) is 19.3 Å². The first kappa shape index (κ1) is 9.68. The number of likely N-dealkylation sites (tertiary alicyclic amines) is 1. The fourth-order valence-electron chi connectivity index (χ4n) is 1.72. The average Bonchev–Trinajstić information content (AvgIpc) is 2.15. The smallest absolute Gasteiger partial charge is 0.137 e. The quantitative estimate of drug-likeness (QED) is 0.623. The maximum atomic E-state index is 10.6. The highest BCUT2D eigenvalue weighted by Gasteiger charge is 2.18. The van der Waals surface area contributed by atoms with Crippen LogP contribution in [-0.2, 0) is 4.79 Å². The van der Waals surface area contributed by atoms with Crippen LogP contribution in [0.3, 0.4) is 0 Å². The first-order valence-corrected chi connectivity index (χ1v) is 4.68. The van der Waals surface area contributed by atoms with Crippen molar-refractivity contribution in [3.05, 3.63) is 0 Å². The molecule has 0 amide bonds. The van der Waals surface area contributed by atoms with Crippen LogP contribution < -0.4 is 0 Å². The van der Waals surface area contributed by atoms with Crippen LogP contribution >= 0.6 is 0 Å². The van der Waals surface area contributed by atoms with E-state index in [0.717, 1.165) is 19.4 Å². The zero-order valence-corrected chi connectivity index (χ0v) is 7.41. The molecule has 1 N–H and O–H groups in total. The molecule has 1 rings (SSSR count). The summed E-state index contributed by atoms with van der Waals surface area (Å²) in [5.41, 5.74) is 0. The van der Waals surface area contributed by atoms with E-state index < -0.39 is 0 Å². The van der Waals surface area contributed by atoms with Gasteiger partial charge in [0.25, 0.3) is 0 Å². The Balaban J connectivity index is 2.34. The monoisotopic (exact) mass is 171 g/mol. The van der Waals surface area contributed by atoms with Gasteiger partial charge in [0.1, 0.15) is 6.29 Å². The van der Waals surface area contributed by atoms with Crippen LogP contribution in [0, 0.1) is 0 Å². The van der Waals surface area contributed by atoms with Gasteiger partial charge in [-0.05, 0) is 32.4 Å². The SMILES string of the molecule is O=CC(CCO)N1CCCCC1. The van der Waals surface area contributed by atoms with Gasteiger partial charge in [-0.25, -0.2) is 0 Å². The Kier molecular flexibility index (Phi) is 4.25. The molecule has 0 aromatic heterocycles. The number of aliphatic hydroxyl groups is 1. The van der Waals surface area contributed by atoms with Crippen LogP contribution in [-0.4, -0.2) is 42.0 Å². The van der Waals surface area contributed by atoms with Crippen molar-refractivity contribution in [3.63, 3.8) is 0 Å². The summed E-state index contributed by atoms with van der Waals surface area (Å²) in [5.74, 6) is 0. The summed E-state index contributed by atoms with van der Waals surface area (Å²) in [6, 6.07) is -0.0460. The summed E-state index contributed by atoms with van der Waals surface area (Å²) in [6.45, 7) is 2.15. The second-order valence-electron chi connectivity index (χ2n) is 3.31. The molecule has 70 valence electrons. The van der Waals surface area contributed by atoms with Crippen molar-refractivity contribution in [2.24, 2.45) is 0 Å². The second-order valence-corrected chi connectivity index (χ2v) is 3.31. The molecule has 0 spiro atoms. The molecular formula is C9H17NO2. The van der Waals surface area contributed by atoms with Gasteiger partial charge >= 0.3 is 0 Å². The van der Waals surface area contributed by atoms with Gasteiger partial charge in [0.2, 0.25) is 0 Å². The first-order chi connectivity index (χ1) is 5.88. The number of aliphatic hydroxyl groups excluding tert-OH is 1. The first-order valence-electron chi connectivity index (χ1n) is 4.68. The third-order valence-corrected chi connectivity index (χ3v) is 2.44. The summed E-state index contributed by atoms with van der Waals surface area (Å²) in [6.07, 6.45) is 5.21. The molecule has 1 unspecified atom stereocenters. The molecule has 0 bridgehead atoms. The number of aldehydes is 1. The van der Waals surface area contributed by atoms with E-state index in [0.29, 0.717) is 6.42 Å². The fourth-order valence-corrected chi connectivity index (χ4v) is 1.72. The zero-order chi connectivity index (χ0) is 8.81. The highest BCUT2D eigenvalue weighted by Crippen LogP contribution is 2.12. The van der Waals surface area contributed by atoms with Gasteiger partial charge in [-0.1, -0.05) is 6.42 Å². The van der Waals surface area contributed by atoms with Crippen molar-refractivity contribution in [2.45, 2.75) is 31.7 Å². The lowest BCUT2D eigenvalue weighted by molar-refractivity contribution is -0.113. The van der Waals surface area contributed by atoms with Crippen molar-refractivity contribution in [1.82, 2.24) is 4.90 Å². The summed E-state index contributed by atoms with van der Waals surface area (Å²) < 4.78 is 0. The predicted octanol–water partition coefficient (Wildman–Crippen LogP) is 0.422. The molecule has 0 saturated carbocycles. The lowest BCUT2D eigenvalue weighted by atomic mass is 10.1. The molecule has 0 radical (unpaired) electrons. The van der Waals surface area contributed by atoms with E-state index in [4.69, 9.17) is 5.11 Å². The van der Waals surface area contributed by atoms with Crippen molar-refractivity contribution in [1.29, 1.82) is 0 Å². The van der Waals surface area contributed by atoms with Gasteiger partial charge in [-0.3, -0.25) is 4.90 Å². The summed E-state index contributed by atoms with van der Waals surface area (Å²) in [4.78, 5) is 12.8. The van der Waals surface area contributed by atoms with Crippen molar-refractivity contribution < 1.29 is 9.90 Å². The molecular weight excluding hydrogens is 154 g/mol. The summed E-state index contributed by atoms with van der Waals surface area (Å²) in [5, 5.41) is 8.71. The normalized spacial score (nSPS) is 22.1. The van der Waals surface area contributed by atoms with Crippen LogP contribution in [0.5, 0.6) is 0 Å². The number of carbonyl (C=O) groups is 1. The van der Waals surface area contributed by atoms with Gasteiger partial charge in [0, 0.05) is 6.61 Å². The summed E-state index contributed by atoms with van der Waals surface area (Å²) >= 11 is 0. The van der Waals surface area contributed by atoms with Crippen molar-refractivity contribution in [3.8, 4) is 0 Å². The lowest BCUT2D eigenvalue weighted by Crippen LogP contribution is -2.40. The lowest BCUT2D eigenvalue weighted by Gasteiger charge is -2.30. The molecule has 3 nitrogen and oxygen atoms in total. The topological polar surface area (TPSA) is 40.5 Å². The highest BCUT2D eigenvalue weighted by molar-refractivity contribution is 5.57. The molecule has 1 atom stereocenters. The Morgan fingerprint density at radius 2 is 2.00 bits per heavy atom. The van der Waals surface area contributed by atoms with E-state index in [1.807, 2.05) is 0 Å². The summed E-state index contributed by atoms with van der Waals surface area (Å²) in [7, 11) is 0. The van der Waals surface area contributed by atoms with Crippen LogP contribution in [0.4, 0.5) is 0 Å². The maximum absolute atomic E-state index is 10.6. The van der Waals surface area contributed by atoms with Crippen LogP contribution in [0.2, 0.25) is 0 Å². The van der Waals surface area contributed by atoms with E-state index in [2.05, 4.69) is 4.90 Å². The minimum Gasteiger partial charge on any atom is -0.396 e. The van der Waals surface area contributed by atoms with E-state index in [-0.39, 0.29) is 12.6 Å². The van der Waals surface area contributed by atoms with Gasteiger partial charge in [0.05, 0.1) is 6.04 Å². The minimum atomic E-state index is -0.0460.